The maximum absolute atomic E-state index is 13.2. The van der Waals surface area contributed by atoms with Gasteiger partial charge in [0, 0.05) is 11.8 Å². The van der Waals surface area contributed by atoms with Gasteiger partial charge in [0.05, 0.1) is 5.56 Å². The summed E-state index contributed by atoms with van der Waals surface area (Å²) in [4.78, 5) is 26.6. The number of carboxylic acid groups (broad SMARTS) is 1. The smallest absolute Gasteiger partial charge is 0.335 e. The van der Waals surface area contributed by atoms with E-state index in [0.717, 1.165) is 6.07 Å². The first-order valence-electron chi connectivity index (χ1n) is 5.73. The van der Waals surface area contributed by atoms with Crippen LogP contribution >= 0.6 is 0 Å². The van der Waals surface area contributed by atoms with Gasteiger partial charge in [0.25, 0.3) is 5.91 Å². The zero-order chi connectivity index (χ0) is 14.7. The number of hydrogen-bond donors (Lipinski definition) is 2. The average molecular weight is 274 g/mol. The van der Waals surface area contributed by atoms with E-state index in [4.69, 9.17) is 5.11 Å². The number of benzene rings is 1. The molecule has 0 fully saturated rings. The predicted molar refractivity (Wildman–Crippen MR) is 70.3 cm³/mol. The summed E-state index contributed by atoms with van der Waals surface area (Å²) in [6.45, 7) is 1.67. The van der Waals surface area contributed by atoms with E-state index < -0.39 is 17.7 Å². The van der Waals surface area contributed by atoms with E-state index in [1.165, 1.54) is 30.5 Å². The molecule has 0 saturated carbocycles. The first-order valence-corrected chi connectivity index (χ1v) is 5.73. The van der Waals surface area contributed by atoms with E-state index in [9.17, 15) is 14.0 Å². The number of halogens is 1. The van der Waals surface area contributed by atoms with E-state index in [1.807, 2.05) is 0 Å². The lowest BCUT2D eigenvalue weighted by Gasteiger charge is -2.06. The number of aromatic carboxylic acids is 1. The van der Waals surface area contributed by atoms with Crippen molar-refractivity contribution < 1.29 is 19.1 Å². The fourth-order valence-electron chi connectivity index (χ4n) is 1.69. The third kappa shape index (κ3) is 3.17. The number of hydrogen-bond acceptors (Lipinski definition) is 3. The molecule has 0 spiro atoms. The Bertz CT molecular complexity index is 666. The van der Waals surface area contributed by atoms with Gasteiger partial charge < -0.3 is 10.4 Å². The number of amides is 1. The minimum atomic E-state index is -1.12. The quantitative estimate of drug-likeness (QED) is 0.901. The Morgan fingerprint density at radius 1 is 1.20 bits per heavy atom. The van der Waals surface area contributed by atoms with Crippen LogP contribution in [-0.4, -0.2) is 22.0 Å². The average Bonchev–Trinajstić information content (AvgIpc) is 2.37. The van der Waals surface area contributed by atoms with Crippen LogP contribution in [0.15, 0.2) is 36.5 Å². The lowest BCUT2D eigenvalue weighted by atomic mass is 10.1. The number of pyridine rings is 1. The number of rotatable bonds is 3. The van der Waals surface area contributed by atoms with Crippen LogP contribution in [0.4, 0.5) is 10.2 Å². The zero-order valence-electron chi connectivity index (χ0n) is 10.6. The van der Waals surface area contributed by atoms with E-state index >= 15 is 0 Å². The molecular weight excluding hydrogens is 263 g/mol. The molecule has 0 aliphatic carbocycles. The van der Waals surface area contributed by atoms with Gasteiger partial charge in [0.1, 0.15) is 11.6 Å². The summed E-state index contributed by atoms with van der Waals surface area (Å²) in [6.07, 6.45) is 1.27. The van der Waals surface area contributed by atoms with E-state index in [2.05, 4.69) is 10.3 Å². The molecule has 2 N–H and O–H groups in total. The van der Waals surface area contributed by atoms with Gasteiger partial charge in [-0.2, -0.15) is 0 Å². The molecule has 0 bridgehead atoms. The molecule has 1 heterocycles. The number of carbonyl (C=O) groups excluding carboxylic acids is 1. The number of anilines is 1. The maximum atomic E-state index is 13.2. The second kappa shape index (κ2) is 5.48. The van der Waals surface area contributed by atoms with Gasteiger partial charge in [0.2, 0.25) is 0 Å². The minimum Gasteiger partial charge on any atom is -0.478 e. The highest BCUT2D eigenvalue weighted by molar-refractivity contribution is 6.04. The van der Waals surface area contributed by atoms with Crippen LogP contribution in [0.3, 0.4) is 0 Å². The Morgan fingerprint density at radius 3 is 2.60 bits per heavy atom. The lowest BCUT2D eigenvalue weighted by molar-refractivity contribution is 0.0696. The summed E-state index contributed by atoms with van der Waals surface area (Å²) < 4.78 is 13.2. The molecule has 20 heavy (non-hydrogen) atoms. The van der Waals surface area contributed by atoms with Crippen molar-refractivity contribution in [3.63, 3.8) is 0 Å². The minimum absolute atomic E-state index is 0.00530. The Morgan fingerprint density at radius 2 is 1.95 bits per heavy atom. The van der Waals surface area contributed by atoms with Crippen molar-refractivity contribution in [1.29, 1.82) is 0 Å². The van der Waals surface area contributed by atoms with Crippen molar-refractivity contribution in [3.8, 4) is 0 Å². The Labute approximate surface area is 114 Å². The van der Waals surface area contributed by atoms with Crippen molar-refractivity contribution in [3.05, 3.63) is 59.0 Å². The summed E-state index contributed by atoms with van der Waals surface area (Å²) >= 11 is 0. The second-order valence-electron chi connectivity index (χ2n) is 4.21. The molecule has 0 atom stereocenters. The fourth-order valence-corrected chi connectivity index (χ4v) is 1.69. The zero-order valence-corrected chi connectivity index (χ0v) is 10.6. The van der Waals surface area contributed by atoms with Crippen molar-refractivity contribution in [2.24, 2.45) is 0 Å². The van der Waals surface area contributed by atoms with Crippen molar-refractivity contribution in [2.75, 3.05) is 5.32 Å². The summed E-state index contributed by atoms with van der Waals surface area (Å²) in [5.41, 5.74) is 0.762. The highest BCUT2D eigenvalue weighted by atomic mass is 19.1. The molecule has 0 aliphatic rings. The number of carbonyl (C=O) groups is 2. The number of nitrogens with zero attached hydrogens (tertiary/aromatic N) is 1. The van der Waals surface area contributed by atoms with Crippen LogP contribution in [0, 0.1) is 12.7 Å². The monoisotopic (exact) mass is 274 g/mol. The molecule has 1 aromatic heterocycles. The predicted octanol–water partition coefficient (Wildman–Crippen LogP) is 2.48. The summed E-state index contributed by atoms with van der Waals surface area (Å²) in [6, 6.07) is 6.47. The van der Waals surface area contributed by atoms with E-state index in [1.54, 1.807) is 6.92 Å². The molecule has 0 unspecified atom stereocenters. The molecule has 5 nitrogen and oxygen atoms in total. The molecular formula is C14H11FN2O3. The Balaban J connectivity index is 2.23. The Hall–Kier alpha value is -2.76. The fraction of sp³-hybridized carbons (Fsp3) is 0.0714. The van der Waals surface area contributed by atoms with Gasteiger partial charge in [-0.15, -0.1) is 0 Å². The van der Waals surface area contributed by atoms with Gasteiger partial charge in [-0.3, -0.25) is 4.79 Å². The lowest BCUT2D eigenvalue weighted by Crippen LogP contribution is -2.14. The maximum Gasteiger partial charge on any atom is 0.335 e. The van der Waals surface area contributed by atoms with Crippen molar-refractivity contribution in [1.82, 2.24) is 4.98 Å². The first kappa shape index (κ1) is 13.7. The van der Waals surface area contributed by atoms with Gasteiger partial charge in [-0.1, -0.05) is 0 Å². The van der Waals surface area contributed by atoms with Gasteiger partial charge in [-0.05, 0) is 42.8 Å². The molecule has 0 radical (unpaired) electrons. The normalized spacial score (nSPS) is 10.1. The molecule has 102 valence electrons. The van der Waals surface area contributed by atoms with E-state index in [-0.39, 0.29) is 16.9 Å². The van der Waals surface area contributed by atoms with Gasteiger partial charge in [0.15, 0.2) is 0 Å². The summed E-state index contributed by atoms with van der Waals surface area (Å²) in [5, 5.41) is 11.3. The van der Waals surface area contributed by atoms with Crippen molar-refractivity contribution in [2.45, 2.75) is 6.92 Å². The van der Waals surface area contributed by atoms with Gasteiger partial charge >= 0.3 is 5.97 Å². The third-order valence-electron chi connectivity index (χ3n) is 2.55. The molecule has 0 aliphatic heterocycles. The number of nitrogens with one attached hydrogen (secondary N) is 1. The number of carboxylic acids is 1. The Kier molecular flexibility index (Phi) is 3.74. The molecule has 1 amide bonds. The molecule has 1 aromatic carbocycles. The standard InChI is InChI=1S/C14H11FN2O3/c1-8-4-10(6-11(15)5-8)13(18)17-12-7-9(14(19)20)2-3-16-12/h2-7H,1H3,(H,19,20)(H,16,17,18). The molecule has 2 rings (SSSR count). The molecule has 2 aromatic rings. The second-order valence-corrected chi connectivity index (χ2v) is 4.21. The van der Waals surface area contributed by atoms with Crippen LogP contribution in [0.5, 0.6) is 0 Å². The van der Waals surface area contributed by atoms with Crippen LogP contribution in [0.25, 0.3) is 0 Å². The summed E-state index contributed by atoms with van der Waals surface area (Å²) in [5.74, 6) is -2.09. The third-order valence-corrected chi connectivity index (χ3v) is 2.55. The highest BCUT2D eigenvalue weighted by Gasteiger charge is 2.10. The first-order chi connectivity index (χ1) is 9.45. The van der Waals surface area contributed by atoms with Crippen molar-refractivity contribution >= 4 is 17.7 Å². The van der Waals surface area contributed by atoms with Crippen LogP contribution in [-0.2, 0) is 0 Å². The molecule has 0 saturated heterocycles. The summed E-state index contributed by atoms with van der Waals surface area (Å²) in [7, 11) is 0. The molecule has 6 heteroatoms. The SMILES string of the molecule is Cc1cc(F)cc(C(=O)Nc2cc(C(=O)O)ccn2)c1. The number of aromatic nitrogens is 1. The van der Waals surface area contributed by atoms with Crippen LogP contribution in [0.2, 0.25) is 0 Å². The highest BCUT2D eigenvalue weighted by Crippen LogP contribution is 2.12. The van der Waals surface area contributed by atoms with E-state index in [0.29, 0.717) is 5.56 Å². The van der Waals surface area contributed by atoms with Crippen LogP contribution in [0.1, 0.15) is 26.3 Å². The topological polar surface area (TPSA) is 79.3 Å². The van der Waals surface area contributed by atoms with Gasteiger partial charge in [-0.25, -0.2) is 14.2 Å². The van der Waals surface area contributed by atoms with Crippen LogP contribution < -0.4 is 5.32 Å². The number of aryl methyl sites for hydroxylation is 1. The largest absolute Gasteiger partial charge is 0.478 e.